The van der Waals surface area contributed by atoms with Gasteiger partial charge in [-0.05, 0) is 18.2 Å². The van der Waals surface area contributed by atoms with E-state index in [0.29, 0.717) is 16.5 Å². The van der Waals surface area contributed by atoms with Gasteiger partial charge in [-0.2, -0.15) is 0 Å². The zero-order valence-electron chi connectivity index (χ0n) is 15.1. The van der Waals surface area contributed by atoms with Gasteiger partial charge in [0.25, 0.3) is 0 Å². The van der Waals surface area contributed by atoms with Gasteiger partial charge in [0.1, 0.15) is 23.5 Å². The number of carbonyl (C=O) groups excluding carboxylic acids is 2. The maximum atomic E-state index is 14.0. The van der Waals surface area contributed by atoms with Gasteiger partial charge >= 0.3 is 0 Å². The lowest BCUT2D eigenvalue weighted by Crippen LogP contribution is -2.25. The van der Waals surface area contributed by atoms with Crippen LogP contribution in [0.1, 0.15) is 30.3 Å². The highest BCUT2D eigenvalue weighted by Gasteiger charge is 2.34. The van der Waals surface area contributed by atoms with Crippen LogP contribution in [0.2, 0.25) is 5.02 Å². The van der Waals surface area contributed by atoms with E-state index in [0.717, 1.165) is 0 Å². The Balaban J connectivity index is 1.85. The first-order valence-electron chi connectivity index (χ1n) is 8.34. The molecule has 3 rings (SSSR count). The molecule has 9 heteroatoms. The number of benzene rings is 2. The predicted molar refractivity (Wildman–Crippen MR) is 106 cm³/mol. The number of hydrogen-bond donors (Lipinski definition) is 1. The lowest BCUT2D eigenvalue weighted by Gasteiger charge is -2.22. The second kappa shape index (κ2) is 8.62. The summed E-state index contributed by atoms with van der Waals surface area (Å²) in [6.45, 7) is 2.68. The topological polar surface area (TPSA) is 71.0 Å². The Labute approximate surface area is 170 Å². The van der Waals surface area contributed by atoms with E-state index in [2.05, 4.69) is 10.4 Å². The molecule has 28 heavy (non-hydrogen) atoms. The minimum absolute atomic E-state index is 0.0701. The molecule has 0 fully saturated rings. The summed E-state index contributed by atoms with van der Waals surface area (Å²) in [5.41, 5.74) is 0.913. The van der Waals surface area contributed by atoms with Crippen LogP contribution in [0, 0.1) is 5.82 Å². The number of amidine groups is 1. The highest BCUT2D eigenvalue weighted by Crippen LogP contribution is 2.42. The molecule has 1 N–H and O–H groups in total. The SMILES string of the molecule is CC(=O)NC1=NN(C(C)=O)[C@H](c2ccccc2OCc2c(F)cccc2Cl)S1. The van der Waals surface area contributed by atoms with E-state index in [1.165, 1.54) is 42.8 Å². The van der Waals surface area contributed by atoms with Crippen molar-refractivity contribution in [1.29, 1.82) is 0 Å². The van der Waals surface area contributed by atoms with Crippen molar-refractivity contribution in [3.05, 3.63) is 64.4 Å². The standard InChI is InChI=1S/C19H17ClFN3O3S/c1-11(25)22-19-23-24(12(2)26)18(28-19)13-6-3-4-9-17(13)27-10-14-15(20)7-5-8-16(14)21/h3-9,18H,10H2,1-2H3,(H,22,23,25)/t18-/m0/s1. The Bertz CT molecular complexity index is 934. The van der Waals surface area contributed by atoms with Gasteiger partial charge in [0, 0.05) is 25.0 Å². The van der Waals surface area contributed by atoms with Crippen molar-refractivity contribution in [2.45, 2.75) is 25.8 Å². The van der Waals surface area contributed by atoms with E-state index in [-0.39, 0.29) is 29.0 Å². The quantitative estimate of drug-likeness (QED) is 0.808. The number of halogens is 2. The number of rotatable bonds is 4. The minimum atomic E-state index is -0.522. The first-order chi connectivity index (χ1) is 13.4. The third-order valence-corrected chi connectivity index (χ3v) is 5.31. The lowest BCUT2D eigenvalue weighted by molar-refractivity contribution is -0.129. The fourth-order valence-corrected chi connectivity index (χ4v) is 3.99. The zero-order chi connectivity index (χ0) is 20.3. The van der Waals surface area contributed by atoms with Crippen molar-refractivity contribution in [3.63, 3.8) is 0 Å². The van der Waals surface area contributed by atoms with Crippen molar-refractivity contribution < 1.29 is 18.7 Å². The summed E-state index contributed by atoms with van der Waals surface area (Å²) in [7, 11) is 0. The van der Waals surface area contributed by atoms with Crippen LogP contribution in [-0.4, -0.2) is 22.0 Å². The lowest BCUT2D eigenvalue weighted by atomic mass is 10.2. The number of carbonyl (C=O) groups is 2. The number of nitrogens with one attached hydrogen (secondary N) is 1. The molecule has 0 spiro atoms. The average Bonchev–Trinajstić information content (AvgIpc) is 3.05. The van der Waals surface area contributed by atoms with Gasteiger partial charge in [0.15, 0.2) is 5.17 Å². The van der Waals surface area contributed by atoms with Crippen LogP contribution in [0.25, 0.3) is 0 Å². The van der Waals surface area contributed by atoms with Gasteiger partial charge in [0.05, 0.1) is 5.02 Å². The molecule has 1 aliphatic heterocycles. The molecule has 2 amide bonds. The molecule has 1 heterocycles. The Kier molecular flexibility index (Phi) is 6.21. The van der Waals surface area contributed by atoms with Crippen LogP contribution < -0.4 is 10.1 Å². The highest BCUT2D eigenvalue weighted by atomic mass is 35.5. The van der Waals surface area contributed by atoms with E-state index < -0.39 is 11.2 Å². The minimum Gasteiger partial charge on any atom is -0.488 e. The van der Waals surface area contributed by atoms with Crippen molar-refractivity contribution in [3.8, 4) is 5.75 Å². The van der Waals surface area contributed by atoms with E-state index in [1.54, 1.807) is 30.3 Å². The first kappa shape index (κ1) is 20.2. The molecule has 1 atom stereocenters. The van der Waals surface area contributed by atoms with E-state index in [9.17, 15) is 14.0 Å². The maximum Gasteiger partial charge on any atom is 0.241 e. The van der Waals surface area contributed by atoms with Crippen molar-refractivity contribution >= 4 is 40.3 Å². The normalized spacial score (nSPS) is 15.9. The molecule has 0 aromatic heterocycles. The zero-order valence-corrected chi connectivity index (χ0v) is 16.7. The Morgan fingerprint density at radius 3 is 2.68 bits per heavy atom. The molecule has 1 aliphatic rings. The monoisotopic (exact) mass is 421 g/mol. The molecule has 0 aliphatic carbocycles. The number of para-hydroxylation sites is 1. The summed E-state index contributed by atoms with van der Waals surface area (Å²) >= 11 is 7.27. The molecule has 6 nitrogen and oxygen atoms in total. The molecule has 0 saturated carbocycles. The van der Waals surface area contributed by atoms with E-state index in [4.69, 9.17) is 16.3 Å². The molecule has 0 unspecified atom stereocenters. The number of hydrogen-bond acceptors (Lipinski definition) is 5. The summed E-state index contributed by atoms with van der Waals surface area (Å²) in [5.74, 6) is -0.564. The van der Waals surface area contributed by atoms with Gasteiger partial charge < -0.3 is 10.1 Å². The molecular formula is C19H17ClFN3O3S. The Hall–Kier alpha value is -2.58. The van der Waals surface area contributed by atoms with Gasteiger partial charge in [0.2, 0.25) is 11.8 Å². The number of nitrogens with zero attached hydrogens (tertiary/aromatic N) is 2. The first-order valence-corrected chi connectivity index (χ1v) is 9.60. The molecule has 0 saturated heterocycles. The van der Waals surface area contributed by atoms with Gasteiger partial charge in [-0.1, -0.05) is 47.6 Å². The average molecular weight is 422 g/mol. The molecule has 0 radical (unpaired) electrons. The summed E-state index contributed by atoms with van der Waals surface area (Å²) in [5, 5.41) is 8.10. The number of hydrazone groups is 1. The van der Waals surface area contributed by atoms with Crippen LogP contribution in [0.5, 0.6) is 5.75 Å². The van der Waals surface area contributed by atoms with Crippen LogP contribution in [0.15, 0.2) is 47.6 Å². The van der Waals surface area contributed by atoms with Crippen LogP contribution in [0.3, 0.4) is 0 Å². The molecule has 146 valence electrons. The highest BCUT2D eigenvalue weighted by molar-refractivity contribution is 8.14. The van der Waals surface area contributed by atoms with Gasteiger partial charge in [-0.25, -0.2) is 9.40 Å². The van der Waals surface area contributed by atoms with Gasteiger partial charge in [-0.3, -0.25) is 9.59 Å². The smallest absolute Gasteiger partial charge is 0.241 e. The van der Waals surface area contributed by atoms with Crippen LogP contribution in [0.4, 0.5) is 4.39 Å². The third-order valence-electron chi connectivity index (χ3n) is 3.87. The fraction of sp³-hybridized carbons (Fsp3) is 0.211. The third kappa shape index (κ3) is 4.45. The molecule has 2 aromatic rings. The maximum absolute atomic E-state index is 14.0. The summed E-state index contributed by atoms with van der Waals surface area (Å²) in [6, 6.07) is 11.5. The molecule has 0 bridgehead atoms. The van der Waals surface area contributed by atoms with Gasteiger partial charge in [-0.15, -0.1) is 5.10 Å². The number of thioether (sulfide) groups is 1. The van der Waals surface area contributed by atoms with E-state index in [1.807, 2.05) is 0 Å². The molecule has 2 aromatic carbocycles. The molecular weight excluding hydrogens is 405 g/mol. The summed E-state index contributed by atoms with van der Waals surface area (Å²) in [6.07, 6.45) is 0. The summed E-state index contributed by atoms with van der Waals surface area (Å²) in [4.78, 5) is 23.4. The fourth-order valence-electron chi connectivity index (χ4n) is 2.60. The van der Waals surface area contributed by atoms with Crippen molar-refractivity contribution in [1.82, 2.24) is 10.3 Å². The van der Waals surface area contributed by atoms with Crippen molar-refractivity contribution in [2.24, 2.45) is 5.10 Å². The van der Waals surface area contributed by atoms with Crippen molar-refractivity contribution in [2.75, 3.05) is 0 Å². The predicted octanol–water partition coefficient (Wildman–Crippen LogP) is 4.06. The van der Waals surface area contributed by atoms with E-state index >= 15 is 0 Å². The van der Waals surface area contributed by atoms with Crippen LogP contribution in [-0.2, 0) is 16.2 Å². The Morgan fingerprint density at radius 2 is 2.00 bits per heavy atom. The number of ether oxygens (including phenoxy) is 1. The second-order valence-corrected chi connectivity index (χ2v) is 7.42. The Morgan fingerprint density at radius 1 is 1.25 bits per heavy atom. The largest absolute Gasteiger partial charge is 0.488 e. The summed E-state index contributed by atoms with van der Waals surface area (Å²) < 4.78 is 19.8. The number of amides is 2. The second-order valence-electron chi connectivity index (χ2n) is 5.95. The van der Waals surface area contributed by atoms with Crippen LogP contribution >= 0.6 is 23.4 Å².